The molecule has 1 heterocycles. The van der Waals surface area contributed by atoms with Gasteiger partial charge in [0.15, 0.2) is 11.5 Å². The van der Waals surface area contributed by atoms with E-state index in [1.165, 1.54) is 37.0 Å². The van der Waals surface area contributed by atoms with Gasteiger partial charge in [0, 0.05) is 17.1 Å². The van der Waals surface area contributed by atoms with Gasteiger partial charge < -0.3 is 9.47 Å². The first-order valence-electron chi connectivity index (χ1n) is 7.95. The van der Waals surface area contributed by atoms with Gasteiger partial charge in [-0.2, -0.15) is 12.6 Å². The molecule has 1 fully saturated rings. The fourth-order valence-corrected chi connectivity index (χ4v) is 4.92. The van der Waals surface area contributed by atoms with Crippen LogP contribution in [-0.4, -0.2) is 24.7 Å². The van der Waals surface area contributed by atoms with Crippen LogP contribution in [0.25, 0.3) is 0 Å². The fourth-order valence-electron chi connectivity index (χ4n) is 3.12. The molecule has 0 saturated heterocycles. The number of hydrogen-bond acceptors (Lipinski definition) is 4. The molecule has 1 aromatic rings. The van der Waals surface area contributed by atoms with Gasteiger partial charge in [-0.05, 0) is 42.2 Å². The van der Waals surface area contributed by atoms with Crippen LogP contribution in [0.4, 0.5) is 0 Å². The lowest BCUT2D eigenvalue weighted by Crippen LogP contribution is -2.28. The summed E-state index contributed by atoms with van der Waals surface area (Å²) >= 11 is 6.58. The molecule has 0 N–H and O–H groups in total. The third kappa shape index (κ3) is 3.84. The summed E-state index contributed by atoms with van der Waals surface area (Å²) < 4.78 is 11.5. The van der Waals surface area contributed by atoms with E-state index in [0.29, 0.717) is 5.41 Å². The molecule has 0 spiro atoms. The SMILES string of the molecule is SCC1(CSc2ccc3c(c2)OCCCO3)CCCCC1. The van der Waals surface area contributed by atoms with E-state index >= 15 is 0 Å². The molecule has 4 heteroatoms. The smallest absolute Gasteiger partial charge is 0.162 e. The predicted octanol–water partition coefficient (Wildman–Crippen LogP) is 4.82. The van der Waals surface area contributed by atoms with Gasteiger partial charge in [0.2, 0.25) is 0 Å². The maximum atomic E-state index is 5.78. The molecule has 0 unspecified atom stereocenters. The Morgan fingerprint density at radius 3 is 2.52 bits per heavy atom. The second-order valence-corrected chi connectivity index (χ2v) is 7.53. The Kier molecular flexibility index (Phi) is 5.28. The number of rotatable bonds is 4. The third-order valence-electron chi connectivity index (χ3n) is 4.51. The summed E-state index contributed by atoms with van der Waals surface area (Å²) in [4.78, 5) is 1.28. The monoisotopic (exact) mass is 324 g/mol. The number of ether oxygens (including phenoxy) is 2. The van der Waals surface area contributed by atoms with Gasteiger partial charge in [-0.25, -0.2) is 0 Å². The van der Waals surface area contributed by atoms with Gasteiger partial charge in [-0.3, -0.25) is 0 Å². The number of hydrogen-bond donors (Lipinski definition) is 1. The first kappa shape index (κ1) is 15.4. The standard InChI is InChI=1S/C17H24O2S2/c20-12-17(7-2-1-3-8-17)13-21-14-5-6-15-16(11-14)19-10-4-9-18-15/h5-6,11,20H,1-4,7-10,12-13H2. The second kappa shape index (κ2) is 7.19. The van der Waals surface area contributed by atoms with Gasteiger partial charge >= 0.3 is 0 Å². The molecule has 0 radical (unpaired) electrons. The lowest BCUT2D eigenvalue weighted by molar-refractivity contribution is 0.259. The molecule has 21 heavy (non-hydrogen) atoms. The second-order valence-electron chi connectivity index (χ2n) is 6.17. The average Bonchev–Trinajstić information content (AvgIpc) is 2.78. The van der Waals surface area contributed by atoms with Crippen molar-refractivity contribution in [2.75, 3.05) is 24.7 Å². The maximum absolute atomic E-state index is 5.78. The largest absolute Gasteiger partial charge is 0.490 e. The molecular formula is C17H24O2S2. The molecule has 1 aromatic carbocycles. The lowest BCUT2D eigenvalue weighted by atomic mass is 9.77. The van der Waals surface area contributed by atoms with Crippen LogP contribution in [0.2, 0.25) is 0 Å². The summed E-state index contributed by atoms with van der Waals surface area (Å²) in [5.41, 5.74) is 0.427. The molecule has 0 bridgehead atoms. The number of fused-ring (bicyclic) bond motifs is 1. The Labute approximate surface area is 137 Å². The van der Waals surface area contributed by atoms with Gasteiger partial charge in [0.05, 0.1) is 13.2 Å². The van der Waals surface area contributed by atoms with Crippen molar-refractivity contribution in [2.24, 2.45) is 5.41 Å². The maximum Gasteiger partial charge on any atom is 0.162 e. The highest BCUT2D eigenvalue weighted by molar-refractivity contribution is 7.99. The van der Waals surface area contributed by atoms with Crippen molar-refractivity contribution >= 4 is 24.4 Å². The highest BCUT2D eigenvalue weighted by Gasteiger charge is 2.30. The quantitative estimate of drug-likeness (QED) is 0.633. The minimum absolute atomic E-state index is 0.427. The van der Waals surface area contributed by atoms with E-state index in [0.717, 1.165) is 42.6 Å². The molecule has 0 atom stereocenters. The van der Waals surface area contributed by atoms with Crippen molar-refractivity contribution < 1.29 is 9.47 Å². The van der Waals surface area contributed by atoms with E-state index in [1.54, 1.807) is 0 Å². The fraction of sp³-hybridized carbons (Fsp3) is 0.647. The van der Waals surface area contributed by atoms with E-state index in [-0.39, 0.29) is 0 Å². The first-order valence-corrected chi connectivity index (χ1v) is 9.56. The van der Waals surface area contributed by atoms with Crippen LogP contribution in [0.3, 0.4) is 0 Å². The van der Waals surface area contributed by atoms with Gasteiger partial charge in [-0.15, -0.1) is 11.8 Å². The minimum Gasteiger partial charge on any atom is -0.490 e. The Balaban J connectivity index is 1.66. The van der Waals surface area contributed by atoms with E-state index in [2.05, 4.69) is 30.8 Å². The molecule has 3 rings (SSSR count). The number of thioether (sulfide) groups is 1. The minimum atomic E-state index is 0.427. The zero-order valence-corrected chi connectivity index (χ0v) is 14.2. The van der Waals surface area contributed by atoms with Gasteiger partial charge in [0.1, 0.15) is 0 Å². The average molecular weight is 325 g/mol. The van der Waals surface area contributed by atoms with Crippen molar-refractivity contribution in [1.29, 1.82) is 0 Å². The van der Waals surface area contributed by atoms with Gasteiger partial charge in [0.25, 0.3) is 0 Å². The zero-order chi connectivity index (χ0) is 14.5. The van der Waals surface area contributed by atoms with Gasteiger partial charge in [-0.1, -0.05) is 19.3 Å². The van der Waals surface area contributed by atoms with E-state index in [9.17, 15) is 0 Å². The molecular weight excluding hydrogens is 300 g/mol. The van der Waals surface area contributed by atoms with E-state index in [1.807, 2.05) is 11.8 Å². The van der Waals surface area contributed by atoms with Crippen molar-refractivity contribution in [1.82, 2.24) is 0 Å². The molecule has 116 valence electrons. The molecule has 1 saturated carbocycles. The van der Waals surface area contributed by atoms with Crippen LogP contribution < -0.4 is 9.47 Å². The van der Waals surface area contributed by atoms with Crippen LogP contribution in [-0.2, 0) is 0 Å². The Morgan fingerprint density at radius 2 is 1.76 bits per heavy atom. The molecule has 2 nitrogen and oxygen atoms in total. The Bertz CT molecular complexity index is 470. The number of benzene rings is 1. The molecule has 0 aromatic heterocycles. The highest BCUT2D eigenvalue weighted by Crippen LogP contribution is 2.42. The van der Waals surface area contributed by atoms with Crippen LogP contribution >= 0.6 is 24.4 Å². The van der Waals surface area contributed by atoms with Crippen LogP contribution in [0.15, 0.2) is 23.1 Å². The summed E-state index contributed by atoms with van der Waals surface area (Å²) in [5.74, 6) is 3.96. The summed E-state index contributed by atoms with van der Waals surface area (Å²) in [7, 11) is 0. The van der Waals surface area contributed by atoms with Crippen molar-refractivity contribution in [3.63, 3.8) is 0 Å². The van der Waals surface area contributed by atoms with Crippen molar-refractivity contribution in [3.05, 3.63) is 18.2 Å². The Hall–Kier alpha value is -0.480. The zero-order valence-electron chi connectivity index (χ0n) is 12.5. The normalized spacial score (nSPS) is 20.8. The predicted molar refractivity (Wildman–Crippen MR) is 92.1 cm³/mol. The van der Waals surface area contributed by atoms with E-state index < -0.39 is 0 Å². The third-order valence-corrected chi connectivity index (χ3v) is 6.53. The van der Waals surface area contributed by atoms with Crippen LogP contribution in [0.1, 0.15) is 38.5 Å². The molecule has 1 aliphatic heterocycles. The highest BCUT2D eigenvalue weighted by atomic mass is 32.2. The summed E-state index contributed by atoms with van der Waals surface area (Å²) in [5, 5.41) is 0. The molecule has 1 aliphatic carbocycles. The Morgan fingerprint density at radius 1 is 1.00 bits per heavy atom. The van der Waals surface area contributed by atoms with Crippen LogP contribution in [0.5, 0.6) is 11.5 Å². The number of thiol groups is 1. The van der Waals surface area contributed by atoms with E-state index in [4.69, 9.17) is 9.47 Å². The summed E-state index contributed by atoms with van der Waals surface area (Å²) in [6.45, 7) is 1.50. The topological polar surface area (TPSA) is 18.5 Å². The lowest BCUT2D eigenvalue weighted by Gasteiger charge is -2.35. The molecule has 0 amide bonds. The van der Waals surface area contributed by atoms with Crippen molar-refractivity contribution in [3.8, 4) is 11.5 Å². The summed E-state index contributed by atoms with van der Waals surface area (Å²) in [6, 6.07) is 6.35. The molecule has 2 aliphatic rings. The van der Waals surface area contributed by atoms with Crippen LogP contribution in [0, 0.1) is 5.41 Å². The summed E-state index contributed by atoms with van der Waals surface area (Å²) in [6.07, 6.45) is 7.73. The van der Waals surface area contributed by atoms with Crippen molar-refractivity contribution in [2.45, 2.75) is 43.4 Å². The first-order chi connectivity index (χ1) is 10.3.